The lowest BCUT2D eigenvalue weighted by atomic mass is 9.81. The highest BCUT2D eigenvalue weighted by Crippen LogP contribution is 2.43. The minimum atomic E-state index is -1.00. The number of methoxy groups -OCH3 is 2. The fourth-order valence-corrected chi connectivity index (χ4v) is 3.57. The summed E-state index contributed by atoms with van der Waals surface area (Å²) in [6, 6.07) is 15.1. The summed E-state index contributed by atoms with van der Waals surface area (Å²) >= 11 is 0. The minimum absolute atomic E-state index is 0.0276. The molecular weight excluding hydrogens is 401 g/mol. The van der Waals surface area contributed by atoms with Crippen molar-refractivity contribution in [1.29, 1.82) is 5.26 Å². The molecule has 1 atom stereocenters. The van der Waals surface area contributed by atoms with Gasteiger partial charge in [0.15, 0.2) is 0 Å². The molecule has 1 aliphatic rings. The van der Waals surface area contributed by atoms with Crippen LogP contribution in [-0.2, 0) is 19.1 Å². The van der Waals surface area contributed by atoms with Gasteiger partial charge in [-0.2, -0.15) is 5.26 Å². The van der Waals surface area contributed by atoms with Crippen LogP contribution in [-0.4, -0.2) is 26.2 Å². The van der Waals surface area contributed by atoms with Crippen LogP contribution in [0, 0.1) is 24.1 Å². The third kappa shape index (κ3) is 3.62. The highest BCUT2D eigenvalue weighted by Gasteiger charge is 2.43. The van der Waals surface area contributed by atoms with Gasteiger partial charge in [-0.05, 0) is 24.1 Å². The summed E-state index contributed by atoms with van der Waals surface area (Å²) in [5.41, 5.74) is 6.53. The first-order valence-electron chi connectivity index (χ1n) is 9.28. The second-order valence-corrected chi connectivity index (χ2v) is 6.74. The molecule has 31 heavy (non-hydrogen) atoms. The van der Waals surface area contributed by atoms with Crippen LogP contribution in [0.15, 0.2) is 71.2 Å². The van der Waals surface area contributed by atoms with Gasteiger partial charge in [0.25, 0.3) is 0 Å². The van der Waals surface area contributed by atoms with Gasteiger partial charge in [0.1, 0.15) is 17.3 Å². The molecule has 1 aliphatic heterocycles. The second-order valence-electron chi connectivity index (χ2n) is 6.74. The largest absolute Gasteiger partial charge is 0.466 e. The zero-order valence-corrected chi connectivity index (χ0v) is 17.2. The summed E-state index contributed by atoms with van der Waals surface area (Å²) in [5, 5.41) is 9.94. The summed E-state index contributed by atoms with van der Waals surface area (Å²) < 4.78 is 24.9. The van der Waals surface area contributed by atoms with Crippen molar-refractivity contribution < 1.29 is 23.5 Å². The molecule has 8 heteroatoms. The van der Waals surface area contributed by atoms with Crippen LogP contribution >= 0.6 is 0 Å². The number of esters is 2. The summed E-state index contributed by atoms with van der Waals surface area (Å²) in [4.78, 5) is 26.8. The number of nitrogens with zero attached hydrogens (tertiary/aromatic N) is 2. The minimum Gasteiger partial charge on any atom is -0.466 e. The Bertz CT molecular complexity index is 1150. The van der Waals surface area contributed by atoms with Crippen molar-refractivity contribution in [3.8, 4) is 6.07 Å². The van der Waals surface area contributed by atoms with E-state index in [2.05, 4.69) is 0 Å². The Balaban J connectivity index is 2.45. The average Bonchev–Trinajstić information content (AvgIpc) is 2.79. The maximum Gasteiger partial charge on any atom is 0.355 e. The quantitative estimate of drug-likeness (QED) is 0.757. The van der Waals surface area contributed by atoms with Crippen LogP contribution < -0.4 is 10.6 Å². The van der Waals surface area contributed by atoms with Crippen molar-refractivity contribution >= 4 is 17.6 Å². The molecule has 2 aromatic carbocycles. The van der Waals surface area contributed by atoms with E-state index >= 15 is 4.39 Å². The molecule has 0 aromatic heterocycles. The van der Waals surface area contributed by atoms with Crippen LogP contribution in [0.5, 0.6) is 0 Å². The smallest absolute Gasteiger partial charge is 0.355 e. The Hall–Kier alpha value is -4.12. The van der Waals surface area contributed by atoms with Crippen molar-refractivity contribution in [1.82, 2.24) is 0 Å². The van der Waals surface area contributed by atoms with E-state index in [1.807, 2.05) is 6.07 Å². The fourth-order valence-electron chi connectivity index (χ4n) is 3.57. The third-order valence-corrected chi connectivity index (χ3v) is 5.02. The summed E-state index contributed by atoms with van der Waals surface area (Å²) in [6.07, 6.45) is 0. The normalized spacial score (nSPS) is 16.1. The number of nitrogens with two attached hydrogens (primary N) is 1. The number of carbonyl (C=O) groups excluding carboxylic acids is 2. The Morgan fingerprint density at radius 3 is 2.29 bits per heavy atom. The number of aryl methyl sites for hydroxylation is 1. The lowest BCUT2D eigenvalue weighted by Gasteiger charge is -2.36. The molecule has 3 rings (SSSR count). The van der Waals surface area contributed by atoms with E-state index in [1.165, 1.54) is 6.07 Å². The van der Waals surface area contributed by atoms with E-state index in [-0.39, 0.29) is 33.9 Å². The molecule has 0 saturated carbocycles. The summed E-state index contributed by atoms with van der Waals surface area (Å²) in [6.45, 7) is 1.55. The van der Waals surface area contributed by atoms with Crippen LogP contribution in [0.2, 0.25) is 0 Å². The molecule has 0 amide bonds. The van der Waals surface area contributed by atoms with E-state index in [4.69, 9.17) is 15.2 Å². The van der Waals surface area contributed by atoms with Crippen molar-refractivity contribution in [2.24, 2.45) is 5.73 Å². The standard InChI is InChI=1S/C23H20FN3O4/c1-13-8-7-11-16(19(13)24)27-20(23(29)31-3)18(22(28)30-2)17(15(12-25)21(27)26)14-9-5-4-6-10-14/h4-11,17H,26H2,1-3H3. The van der Waals surface area contributed by atoms with Gasteiger partial charge in [-0.25, -0.2) is 14.0 Å². The van der Waals surface area contributed by atoms with Crippen LogP contribution in [0.3, 0.4) is 0 Å². The number of nitriles is 1. The van der Waals surface area contributed by atoms with Crippen LogP contribution in [0.1, 0.15) is 17.0 Å². The van der Waals surface area contributed by atoms with Gasteiger partial charge < -0.3 is 15.2 Å². The van der Waals surface area contributed by atoms with Crippen LogP contribution in [0.4, 0.5) is 10.1 Å². The monoisotopic (exact) mass is 421 g/mol. The number of benzene rings is 2. The van der Waals surface area contributed by atoms with Crippen molar-refractivity contribution in [2.45, 2.75) is 12.8 Å². The van der Waals surface area contributed by atoms with Gasteiger partial charge in [-0.3, -0.25) is 4.90 Å². The maximum atomic E-state index is 15.1. The predicted molar refractivity (Wildman–Crippen MR) is 111 cm³/mol. The molecule has 158 valence electrons. The Labute approximate surface area is 178 Å². The van der Waals surface area contributed by atoms with Crippen molar-refractivity contribution in [2.75, 3.05) is 19.1 Å². The average molecular weight is 421 g/mol. The summed E-state index contributed by atoms with van der Waals surface area (Å²) in [7, 11) is 2.28. The van der Waals surface area contributed by atoms with Gasteiger partial charge in [0.2, 0.25) is 0 Å². The van der Waals surface area contributed by atoms with Gasteiger partial charge in [0, 0.05) is 0 Å². The zero-order chi connectivity index (χ0) is 22.7. The van der Waals surface area contributed by atoms with E-state index in [0.29, 0.717) is 5.56 Å². The number of anilines is 1. The molecule has 0 radical (unpaired) electrons. The Morgan fingerprint density at radius 1 is 1.06 bits per heavy atom. The predicted octanol–water partition coefficient (Wildman–Crippen LogP) is 3.03. The molecule has 0 saturated heterocycles. The second kappa shape index (κ2) is 8.71. The zero-order valence-electron chi connectivity index (χ0n) is 17.2. The number of halogens is 1. The lowest BCUT2D eigenvalue weighted by molar-refractivity contribution is -0.139. The van der Waals surface area contributed by atoms with Gasteiger partial charge in [-0.1, -0.05) is 42.5 Å². The maximum absolute atomic E-state index is 15.1. The number of ether oxygens (including phenoxy) is 2. The van der Waals surface area contributed by atoms with E-state index < -0.39 is 23.7 Å². The fraction of sp³-hybridized carbons (Fsp3) is 0.174. The first kappa shape index (κ1) is 21.6. The van der Waals surface area contributed by atoms with Crippen molar-refractivity contribution in [3.63, 3.8) is 0 Å². The van der Waals surface area contributed by atoms with Crippen molar-refractivity contribution in [3.05, 3.63) is 88.1 Å². The molecule has 0 spiro atoms. The number of rotatable bonds is 4. The molecule has 2 aromatic rings. The Morgan fingerprint density at radius 2 is 1.71 bits per heavy atom. The topological polar surface area (TPSA) is 106 Å². The molecule has 0 bridgehead atoms. The number of allylic oxidation sites excluding steroid dienone is 1. The molecule has 0 aliphatic carbocycles. The van der Waals surface area contributed by atoms with Gasteiger partial charge in [-0.15, -0.1) is 0 Å². The van der Waals surface area contributed by atoms with Gasteiger partial charge >= 0.3 is 11.9 Å². The number of hydrogen-bond donors (Lipinski definition) is 1. The SMILES string of the molecule is COC(=O)C1=C(C(=O)OC)N(c2cccc(C)c2F)C(N)=C(C#N)C1c1ccccc1. The molecule has 2 N–H and O–H groups in total. The highest BCUT2D eigenvalue weighted by molar-refractivity contribution is 6.06. The van der Waals surface area contributed by atoms with E-state index in [1.54, 1.807) is 49.4 Å². The van der Waals surface area contributed by atoms with Gasteiger partial charge in [0.05, 0.1) is 43.0 Å². The molecule has 1 heterocycles. The van der Waals surface area contributed by atoms with E-state index in [0.717, 1.165) is 19.1 Å². The first-order valence-corrected chi connectivity index (χ1v) is 9.28. The molecular formula is C23H20FN3O4. The van der Waals surface area contributed by atoms with Crippen LogP contribution in [0.25, 0.3) is 0 Å². The molecule has 0 fully saturated rings. The number of carbonyl (C=O) groups is 2. The Kier molecular flexibility index (Phi) is 6.07. The lowest BCUT2D eigenvalue weighted by Crippen LogP contribution is -2.41. The highest BCUT2D eigenvalue weighted by atomic mass is 19.1. The molecule has 1 unspecified atom stereocenters. The van der Waals surface area contributed by atoms with E-state index in [9.17, 15) is 14.9 Å². The first-order chi connectivity index (χ1) is 14.9. The molecule has 7 nitrogen and oxygen atoms in total. The summed E-state index contributed by atoms with van der Waals surface area (Å²) in [5.74, 6) is -3.65. The number of hydrogen-bond acceptors (Lipinski definition) is 7. The third-order valence-electron chi connectivity index (χ3n) is 5.02.